The molecule has 72 valence electrons. The van der Waals surface area contributed by atoms with Gasteiger partial charge in [0.1, 0.15) is 6.61 Å². The van der Waals surface area contributed by atoms with Gasteiger partial charge in [0.2, 0.25) is 0 Å². The van der Waals surface area contributed by atoms with E-state index in [1.807, 2.05) is 0 Å². The quantitative estimate of drug-likeness (QED) is 0.663. The lowest BCUT2D eigenvalue weighted by molar-refractivity contribution is -0.131. The van der Waals surface area contributed by atoms with Crippen LogP contribution in [-0.2, 0) is 4.74 Å². The minimum Gasteiger partial charge on any atom is -0.393 e. The molecule has 0 radical (unpaired) electrons. The highest BCUT2D eigenvalue weighted by atomic mass is 19.3. The maximum Gasteiger partial charge on any atom is 0.271 e. The zero-order chi connectivity index (χ0) is 9.24. The molecule has 2 nitrogen and oxygen atoms in total. The van der Waals surface area contributed by atoms with Crippen molar-refractivity contribution in [3.63, 3.8) is 0 Å². The van der Waals surface area contributed by atoms with Crippen molar-refractivity contribution in [2.24, 2.45) is 0 Å². The Balaban J connectivity index is 2.56. The second-order valence-electron chi connectivity index (χ2n) is 3.61. The highest BCUT2D eigenvalue weighted by Crippen LogP contribution is 2.31. The van der Waals surface area contributed by atoms with Gasteiger partial charge in [-0.1, -0.05) is 0 Å². The van der Waals surface area contributed by atoms with Crippen molar-refractivity contribution in [1.82, 2.24) is 0 Å². The number of halogens is 2. The molecule has 0 amide bonds. The van der Waals surface area contributed by atoms with Gasteiger partial charge in [-0.3, -0.25) is 0 Å². The Hall–Kier alpha value is -0.220. The molecule has 0 aliphatic carbocycles. The fraction of sp³-hybridized carbons (Fsp3) is 1.00. The molecule has 1 heterocycles. The van der Waals surface area contributed by atoms with E-state index in [4.69, 9.17) is 9.84 Å². The summed E-state index contributed by atoms with van der Waals surface area (Å²) in [7, 11) is 0. The summed E-state index contributed by atoms with van der Waals surface area (Å²) in [5.74, 6) is -2.72. The first-order valence-corrected chi connectivity index (χ1v) is 4.10. The Bertz CT molecular complexity index is 161. The third-order valence-corrected chi connectivity index (χ3v) is 2.21. The van der Waals surface area contributed by atoms with Gasteiger partial charge in [0.25, 0.3) is 5.92 Å². The van der Waals surface area contributed by atoms with Crippen molar-refractivity contribution < 1.29 is 18.6 Å². The predicted octanol–water partition coefficient (Wildman–Crippen LogP) is 1.57. The van der Waals surface area contributed by atoms with Gasteiger partial charge in [0.15, 0.2) is 0 Å². The molecule has 0 saturated carbocycles. The molecule has 12 heavy (non-hydrogen) atoms. The van der Waals surface area contributed by atoms with Crippen molar-refractivity contribution >= 4 is 0 Å². The van der Waals surface area contributed by atoms with Crippen molar-refractivity contribution in [3.8, 4) is 0 Å². The molecule has 1 aliphatic heterocycles. The van der Waals surface area contributed by atoms with Crippen LogP contribution in [0.15, 0.2) is 0 Å². The predicted molar refractivity (Wildman–Crippen MR) is 40.2 cm³/mol. The third-order valence-electron chi connectivity index (χ3n) is 2.21. The largest absolute Gasteiger partial charge is 0.393 e. The molecule has 0 aromatic heterocycles. The van der Waals surface area contributed by atoms with E-state index in [1.54, 1.807) is 6.92 Å². The first-order chi connectivity index (χ1) is 5.47. The van der Waals surface area contributed by atoms with E-state index in [0.29, 0.717) is 12.8 Å². The van der Waals surface area contributed by atoms with Crippen LogP contribution in [0, 0.1) is 0 Å². The zero-order valence-electron chi connectivity index (χ0n) is 7.15. The molecular weight excluding hydrogens is 166 g/mol. The molecule has 1 N–H and O–H groups in total. The molecule has 0 aromatic rings. The highest BCUT2D eigenvalue weighted by molar-refractivity contribution is 4.81. The fourth-order valence-electron chi connectivity index (χ4n) is 1.27. The Kier molecular flexibility index (Phi) is 2.68. The number of hydrogen-bond acceptors (Lipinski definition) is 2. The summed E-state index contributed by atoms with van der Waals surface area (Å²) >= 11 is 0. The molecule has 0 spiro atoms. The average molecular weight is 180 g/mol. The van der Waals surface area contributed by atoms with Gasteiger partial charge in [-0.25, -0.2) is 8.78 Å². The van der Waals surface area contributed by atoms with Crippen LogP contribution >= 0.6 is 0 Å². The van der Waals surface area contributed by atoms with E-state index in [9.17, 15) is 8.78 Å². The number of ether oxygens (including phenoxy) is 1. The summed E-state index contributed by atoms with van der Waals surface area (Å²) in [6.07, 6.45) is 0.770. The maximum absolute atomic E-state index is 12.7. The van der Waals surface area contributed by atoms with Crippen LogP contribution in [-0.4, -0.2) is 29.8 Å². The van der Waals surface area contributed by atoms with E-state index < -0.39 is 18.1 Å². The van der Waals surface area contributed by atoms with Crippen LogP contribution in [0.5, 0.6) is 0 Å². The van der Waals surface area contributed by atoms with Crippen LogP contribution in [0.4, 0.5) is 8.78 Å². The van der Waals surface area contributed by atoms with Gasteiger partial charge in [-0.15, -0.1) is 0 Å². The van der Waals surface area contributed by atoms with Crippen molar-refractivity contribution in [1.29, 1.82) is 0 Å². The normalized spacial score (nSPS) is 36.0. The van der Waals surface area contributed by atoms with Crippen LogP contribution in [0.3, 0.4) is 0 Å². The van der Waals surface area contributed by atoms with Gasteiger partial charge in [0, 0.05) is 6.42 Å². The van der Waals surface area contributed by atoms with Gasteiger partial charge in [-0.2, -0.15) is 0 Å². The monoisotopic (exact) mass is 180 g/mol. The Morgan fingerprint density at radius 1 is 1.42 bits per heavy atom. The van der Waals surface area contributed by atoms with E-state index >= 15 is 0 Å². The summed E-state index contributed by atoms with van der Waals surface area (Å²) in [5, 5.41) is 8.88. The van der Waals surface area contributed by atoms with Crippen LogP contribution in [0.25, 0.3) is 0 Å². The van der Waals surface area contributed by atoms with Gasteiger partial charge in [-0.05, 0) is 19.8 Å². The smallest absolute Gasteiger partial charge is 0.271 e. The minimum atomic E-state index is -2.72. The molecule has 1 rings (SSSR count). The molecule has 1 fully saturated rings. The number of aliphatic hydroxyl groups is 1. The second kappa shape index (κ2) is 3.26. The minimum absolute atomic E-state index is 0.136. The number of aliphatic hydroxyl groups excluding tert-OH is 1. The van der Waals surface area contributed by atoms with Crippen molar-refractivity contribution in [2.75, 3.05) is 13.2 Å². The van der Waals surface area contributed by atoms with Crippen LogP contribution < -0.4 is 0 Å². The molecule has 4 heteroatoms. The fourth-order valence-corrected chi connectivity index (χ4v) is 1.27. The molecule has 0 aromatic carbocycles. The van der Waals surface area contributed by atoms with E-state index in [0.717, 1.165) is 0 Å². The maximum atomic E-state index is 12.7. The molecule has 1 unspecified atom stereocenters. The van der Waals surface area contributed by atoms with Gasteiger partial charge in [0.05, 0.1) is 12.2 Å². The highest BCUT2D eigenvalue weighted by Gasteiger charge is 2.37. The first kappa shape index (κ1) is 9.86. The van der Waals surface area contributed by atoms with Gasteiger partial charge >= 0.3 is 0 Å². The Morgan fingerprint density at radius 3 is 2.67 bits per heavy atom. The molecule has 1 aliphatic rings. The first-order valence-electron chi connectivity index (χ1n) is 4.10. The lowest BCUT2D eigenvalue weighted by Crippen LogP contribution is -2.34. The summed E-state index contributed by atoms with van der Waals surface area (Å²) in [5.41, 5.74) is -0.764. The van der Waals surface area contributed by atoms with E-state index in [-0.39, 0.29) is 13.0 Å². The molecular formula is C8H14F2O2. The van der Waals surface area contributed by atoms with Crippen LogP contribution in [0.2, 0.25) is 0 Å². The average Bonchev–Trinajstić information content (AvgIpc) is 2.13. The Labute approximate surface area is 70.5 Å². The molecule has 0 bridgehead atoms. The summed E-state index contributed by atoms with van der Waals surface area (Å²) in [6.45, 7) is 0.904. The summed E-state index contributed by atoms with van der Waals surface area (Å²) in [6, 6.07) is 0. The zero-order valence-corrected chi connectivity index (χ0v) is 7.15. The number of hydrogen-bond donors (Lipinski definition) is 1. The lowest BCUT2D eigenvalue weighted by Gasteiger charge is -2.25. The van der Waals surface area contributed by atoms with E-state index in [1.165, 1.54) is 0 Å². The third kappa shape index (κ3) is 2.38. The summed E-state index contributed by atoms with van der Waals surface area (Å²) < 4.78 is 30.4. The lowest BCUT2D eigenvalue weighted by atomic mass is 10.0. The van der Waals surface area contributed by atoms with Crippen molar-refractivity contribution in [2.45, 2.75) is 37.7 Å². The van der Waals surface area contributed by atoms with Crippen molar-refractivity contribution in [3.05, 3.63) is 0 Å². The topological polar surface area (TPSA) is 29.5 Å². The summed E-state index contributed by atoms with van der Waals surface area (Å²) in [4.78, 5) is 0. The number of rotatable bonds is 1. The second-order valence-corrected chi connectivity index (χ2v) is 3.61. The SMILES string of the molecule is CC1(CO)CCCC(F)(F)CO1. The van der Waals surface area contributed by atoms with Crippen LogP contribution in [0.1, 0.15) is 26.2 Å². The Morgan fingerprint density at radius 2 is 2.08 bits per heavy atom. The molecule has 1 atom stereocenters. The number of alkyl halides is 2. The molecule has 1 saturated heterocycles. The van der Waals surface area contributed by atoms with E-state index in [2.05, 4.69) is 0 Å². The van der Waals surface area contributed by atoms with Gasteiger partial charge < -0.3 is 9.84 Å². The standard InChI is InChI=1S/C8H14F2O2/c1-7(5-11)3-2-4-8(9,10)6-12-7/h11H,2-6H2,1H3.